The largest absolute Gasteiger partial charge is 0.480 e. The van der Waals surface area contributed by atoms with E-state index in [1.165, 1.54) is 23.5 Å². The number of carbonyl (C=O) groups is 4. The van der Waals surface area contributed by atoms with Crippen molar-refractivity contribution in [2.45, 2.75) is 13.1 Å². The molecule has 5 aromatic heterocycles. The minimum absolute atomic E-state index is 0.143. The van der Waals surface area contributed by atoms with Crippen molar-refractivity contribution in [2.24, 2.45) is 0 Å². The lowest BCUT2D eigenvalue weighted by molar-refractivity contribution is -0.138. The van der Waals surface area contributed by atoms with Gasteiger partial charge in [0.05, 0.1) is 42.3 Å². The van der Waals surface area contributed by atoms with Crippen molar-refractivity contribution in [3.63, 3.8) is 0 Å². The number of aromatic nitrogens is 2. The Kier molecular flexibility index (Phi) is 6.95. The highest BCUT2D eigenvalue weighted by Gasteiger charge is 2.21. The number of nitrogens with zero attached hydrogens (tertiary/aromatic N) is 2. The summed E-state index contributed by atoms with van der Waals surface area (Å²) in [6, 6.07) is 16.9. The van der Waals surface area contributed by atoms with E-state index in [9.17, 15) is 39.6 Å². The van der Waals surface area contributed by atoms with Crippen molar-refractivity contribution in [1.82, 2.24) is 9.13 Å². The van der Waals surface area contributed by atoms with Crippen LogP contribution in [0.4, 0.5) is 0 Å². The average molecular weight is 583 g/mol. The number of carboxylic acid groups (broad SMARTS) is 4. The van der Waals surface area contributed by atoms with Crippen molar-refractivity contribution >= 4 is 57.9 Å². The second kappa shape index (κ2) is 10.4. The van der Waals surface area contributed by atoms with Crippen LogP contribution < -0.4 is 0 Å². The standard InChI is InChI=1S/C26H18N2O8S3/c29-23(30)11-27-13(1-3-15(27)19-7-9-21(38-19)25(33)34)17-5-6-18(37-17)14-2-4-16(28(14)12-24(31)32)20-8-10-22(39-20)26(35)36/h1-10H,11-12H2,(H,29,30)(H,31,32)(H,33,34)(H,35,36). The van der Waals surface area contributed by atoms with Gasteiger partial charge >= 0.3 is 23.9 Å². The minimum atomic E-state index is -1.06. The normalized spacial score (nSPS) is 11.1. The summed E-state index contributed by atoms with van der Waals surface area (Å²) in [5.41, 5.74) is 2.39. The molecule has 0 spiro atoms. The number of aromatic carboxylic acids is 2. The van der Waals surface area contributed by atoms with E-state index in [-0.39, 0.29) is 22.8 Å². The van der Waals surface area contributed by atoms with Gasteiger partial charge in [0.15, 0.2) is 0 Å². The molecule has 39 heavy (non-hydrogen) atoms. The maximum Gasteiger partial charge on any atom is 0.345 e. The molecule has 0 radical (unpaired) electrons. The molecule has 5 aromatic rings. The summed E-state index contributed by atoms with van der Waals surface area (Å²) in [6.07, 6.45) is 0. The summed E-state index contributed by atoms with van der Waals surface area (Å²) >= 11 is 3.46. The number of aliphatic carboxylic acids is 2. The number of thiophene rings is 3. The lowest BCUT2D eigenvalue weighted by Gasteiger charge is -2.10. The van der Waals surface area contributed by atoms with Gasteiger partial charge in [-0.15, -0.1) is 34.0 Å². The van der Waals surface area contributed by atoms with E-state index >= 15 is 0 Å². The van der Waals surface area contributed by atoms with Crippen LogP contribution >= 0.6 is 34.0 Å². The SMILES string of the molecule is O=C(O)Cn1c(-c2ccc(C(=O)O)s2)ccc1-c1ccc(-c2ccc(-c3ccc(C(=O)O)s3)n2CC(=O)O)s1. The summed E-state index contributed by atoms with van der Waals surface area (Å²) in [5, 5.41) is 37.7. The summed E-state index contributed by atoms with van der Waals surface area (Å²) in [4.78, 5) is 49.1. The first-order chi connectivity index (χ1) is 18.6. The summed E-state index contributed by atoms with van der Waals surface area (Å²) < 4.78 is 3.21. The fourth-order valence-electron chi connectivity index (χ4n) is 4.20. The molecule has 198 valence electrons. The zero-order chi connectivity index (χ0) is 27.8. The van der Waals surface area contributed by atoms with Gasteiger partial charge in [-0.1, -0.05) is 0 Å². The van der Waals surface area contributed by atoms with Gasteiger partial charge in [-0.2, -0.15) is 0 Å². The van der Waals surface area contributed by atoms with Crippen LogP contribution in [0, 0.1) is 0 Å². The van der Waals surface area contributed by atoms with E-state index in [4.69, 9.17) is 0 Å². The molecule has 0 saturated heterocycles. The lowest BCUT2D eigenvalue weighted by atomic mass is 10.3. The number of rotatable bonds is 10. The molecule has 10 nitrogen and oxygen atoms in total. The molecule has 0 aliphatic heterocycles. The van der Waals surface area contributed by atoms with E-state index < -0.39 is 23.9 Å². The Balaban J connectivity index is 1.56. The van der Waals surface area contributed by atoms with Gasteiger partial charge in [0.1, 0.15) is 22.8 Å². The molecule has 13 heteroatoms. The Bertz CT molecular complexity index is 1620. The first-order valence-electron chi connectivity index (χ1n) is 11.2. The monoisotopic (exact) mass is 582 g/mol. The molecule has 0 aliphatic carbocycles. The van der Waals surface area contributed by atoms with Gasteiger partial charge in [-0.25, -0.2) is 9.59 Å². The van der Waals surface area contributed by atoms with E-state index in [1.807, 2.05) is 12.1 Å². The predicted molar refractivity (Wildman–Crippen MR) is 147 cm³/mol. The third kappa shape index (κ3) is 5.14. The van der Waals surface area contributed by atoms with Crippen LogP contribution in [0.1, 0.15) is 19.3 Å². The summed E-state index contributed by atoms with van der Waals surface area (Å²) in [5.74, 6) is -4.23. The van der Waals surface area contributed by atoms with Crippen molar-refractivity contribution in [3.8, 4) is 42.3 Å². The molecular formula is C26H18N2O8S3. The molecule has 0 aliphatic rings. The smallest absolute Gasteiger partial charge is 0.345 e. The van der Waals surface area contributed by atoms with E-state index in [0.29, 0.717) is 32.5 Å². The second-order valence-electron chi connectivity index (χ2n) is 8.27. The Morgan fingerprint density at radius 3 is 1.08 bits per heavy atom. The van der Waals surface area contributed by atoms with E-state index in [1.54, 1.807) is 45.5 Å². The zero-order valence-electron chi connectivity index (χ0n) is 19.7. The fraction of sp³-hybridized carbons (Fsp3) is 0.0769. The van der Waals surface area contributed by atoms with Crippen LogP contribution in [0.2, 0.25) is 0 Å². The van der Waals surface area contributed by atoms with Gasteiger partial charge in [0, 0.05) is 0 Å². The first-order valence-corrected chi connectivity index (χ1v) is 13.7. The first kappa shape index (κ1) is 26.2. The second-order valence-corrected chi connectivity index (χ2v) is 11.5. The number of hydrogen-bond donors (Lipinski definition) is 4. The Morgan fingerprint density at radius 2 is 0.795 bits per heavy atom. The van der Waals surface area contributed by atoms with Gasteiger partial charge in [-0.3, -0.25) is 9.59 Å². The average Bonchev–Trinajstić information content (AvgIpc) is 3.67. The zero-order valence-corrected chi connectivity index (χ0v) is 22.2. The van der Waals surface area contributed by atoms with Gasteiger partial charge in [-0.05, 0) is 60.7 Å². The molecule has 0 amide bonds. The third-order valence-electron chi connectivity index (χ3n) is 5.80. The highest BCUT2D eigenvalue weighted by atomic mass is 32.1. The Labute approximate surface area is 231 Å². The summed E-state index contributed by atoms with van der Waals surface area (Å²) in [7, 11) is 0. The molecule has 0 atom stereocenters. The molecule has 0 bridgehead atoms. The molecule has 0 aromatic carbocycles. The summed E-state index contributed by atoms with van der Waals surface area (Å²) in [6.45, 7) is -0.677. The maximum absolute atomic E-state index is 11.7. The van der Waals surface area contributed by atoms with Crippen LogP contribution in [-0.2, 0) is 22.7 Å². The Morgan fingerprint density at radius 1 is 0.487 bits per heavy atom. The molecule has 5 heterocycles. The topological polar surface area (TPSA) is 159 Å². The van der Waals surface area contributed by atoms with E-state index in [2.05, 4.69) is 0 Å². The van der Waals surface area contributed by atoms with Gasteiger partial charge < -0.3 is 29.6 Å². The van der Waals surface area contributed by atoms with Gasteiger partial charge in [0.25, 0.3) is 0 Å². The predicted octanol–water partition coefficient (Wildman–Crippen LogP) is 5.71. The molecule has 4 N–H and O–H groups in total. The van der Waals surface area contributed by atoms with Crippen LogP contribution in [-0.4, -0.2) is 53.4 Å². The maximum atomic E-state index is 11.7. The van der Waals surface area contributed by atoms with Crippen molar-refractivity contribution in [1.29, 1.82) is 0 Å². The van der Waals surface area contributed by atoms with E-state index in [0.717, 1.165) is 32.4 Å². The molecule has 0 fully saturated rings. The van der Waals surface area contributed by atoms with Crippen molar-refractivity contribution in [3.05, 3.63) is 70.4 Å². The highest BCUT2D eigenvalue weighted by molar-refractivity contribution is 7.19. The van der Waals surface area contributed by atoms with Crippen LogP contribution in [0.3, 0.4) is 0 Å². The number of carboxylic acids is 4. The fourth-order valence-corrected chi connectivity index (χ4v) is 7.03. The number of hydrogen-bond acceptors (Lipinski definition) is 7. The third-order valence-corrected chi connectivity index (χ3v) is 9.12. The Hall–Kier alpha value is -4.46. The van der Waals surface area contributed by atoms with Crippen LogP contribution in [0.5, 0.6) is 0 Å². The minimum Gasteiger partial charge on any atom is -0.480 e. The highest BCUT2D eigenvalue weighted by Crippen LogP contribution is 2.40. The molecule has 0 unspecified atom stereocenters. The van der Waals surface area contributed by atoms with Crippen molar-refractivity contribution in [2.75, 3.05) is 0 Å². The molecular weight excluding hydrogens is 564 g/mol. The lowest BCUT2D eigenvalue weighted by Crippen LogP contribution is -2.10. The van der Waals surface area contributed by atoms with Crippen LogP contribution in [0.15, 0.2) is 60.7 Å². The molecule has 5 rings (SSSR count). The van der Waals surface area contributed by atoms with Crippen molar-refractivity contribution < 1.29 is 39.6 Å². The van der Waals surface area contributed by atoms with Gasteiger partial charge in [0.2, 0.25) is 0 Å². The molecule has 0 saturated carbocycles. The quantitative estimate of drug-likeness (QED) is 0.163. The van der Waals surface area contributed by atoms with Crippen LogP contribution in [0.25, 0.3) is 42.3 Å².